The van der Waals surface area contributed by atoms with E-state index < -0.39 is 6.10 Å². The van der Waals surface area contributed by atoms with E-state index in [0.717, 1.165) is 24.0 Å². The molecule has 1 aromatic rings. The number of hydrogen-bond donors (Lipinski definition) is 2. The van der Waals surface area contributed by atoms with Gasteiger partial charge in [0.05, 0.1) is 0 Å². The van der Waals surface area contributed by atoms with Crippen molar-refractivity contribution in [2.75, 3.05) is 6.54 Å². The zero-order chi connectivity index (χ0) is 15.1. The maximum absolute atomic E-state index is 11.9. The van der Waals surface area contributed by atoms with Crippen molar-refractivity contribution >= 4 is 5.91 Å². The molecule has 0 heterocycles. The highest BCUT2D eigenvalue weighted by Gasteiger charge is 2.17. The molecule has 2 unspecified atom stereocenters. The van der Waals surface area contributed by atoms with Gasteiger partial charge in [-0.2, -0.15) is 0 Å². The Labute approximate surface area is 121 Å². The maximum atomic E-state index is 11.9. The van der Waals surface area contributed by atoms with Crippen LogP contribution in [-0.4, -0.2) is 18.6 Å². The first-order valence-electron chi connectivity index (χ1n) is 7.26. The number of hydrogen-bond acceptors (Lipinski definition) is 3. The number of carbonyl (C=O) groups excluding carboxylic acids is 1. The highest BCUT2D eigenvalue weighted by Crippen LogP contribution is 2.25. The van der Waals surface area contributed by atoms with Gasteiger partial charge in [0.2, 0.25) is 0 Å². The normalized spacial score (nSPS) is 13.7. The summed E-state index contributed by atoms with van der Waals surface area (Å²) >= 11 is 0. The summed E-state index contributed by atoms with van der Waals surface area (Å²) in [6.45, 7) is 8.46. The van der Waals surface area contributed by atoms with Gasteiger partial charge < -0.3 is 15.8 Å². The van der Waals surface area contributed by atoms with Crippen molar-refractivity contribution in [3.63, 3.8) is 0 Å². The Hall–Kier alpha value is -1.55. The monoisotopic (exact) mass is 278 g/mol. The zero-order valence-electron chi connectivity index (χ0n) is 12.9. The molecule has 2 atom stereocenters. The molecule has 1 rings (SSSR count). The van der Waals surface area contributed by atoms with Crippen LogP contribution in [0.25, 0.3) is 0 Å². The van der Waals surface area contributed by atoms with E-state index in [-0.39, 0.29) is 11.9 Å². The average Bonchev–Trinajstić information content (AvgIpc) is 2.40. The number of ether oxygens (including phenoxy) is 1. The van der Waals surface area contributed by atoms with Crippen LogP contribution in [0.5, 0.6) is 5.75 Å². The minimum Gasteiger partial charge on any atom is -0.481 e. The lowest BCUT2D eigenvalue weighted by atomic mass is 10.1. The Kier molecular flexibility index (Phi) is 6.52. The molecule has 0 aliphatic carbocycles. The van der Waals surface area contributed by atoms with Gasteiger partial charge in [-0.3, -0.25) is 4.79 Å². The summed E-state index contributed by atoms with van der Waals surface area (Å²) in [4.78, 5) is 11.9. The van der Waals surface area contributed by atoms with Gasteiger partial charge in [-0.1, -0.05) is 31.0 Å². The van der Waals surface area contributed by atoms with E-state index >= 15 is 0 Å². The second kappa shape index (κ2) is 7.90. The van der Waals surface area contributed by atoms with E-state index in [4.69, 9.17) is 10.5 Å². The number of aryl methyl sites for hydroxylation is 1. The smallest absolute Gasteiger partial charge is 0.260 e. The Bertz CT molecular complexity index is 444. The Balaban J connectivity index is 2.70. The molecule has 20 heavy (non-hydrogen) atoms. The van der Waals surface area contributed by atoms with E-state index in [2.05, 4.69) is 12.2 Å². The van der Waals surface area contributed by atoms with Crippen molar-refractivity contribution < 1.29 is 9.53 Å². The predicted molar refractivity (Wildman–Crippen MR) is 81.8 cm³/mol. The van der Waals surface area contributed by atoms with Gasteiger partial charge in [0, 0.05) is 18.2 Å². The second-order valence-electron chi connectivity index (χ2n) is 5.23. The van der Waals surface area contributed by atoms with Gasteiger partial charge in [-0.05, 0) is 33.3 Å². The fourth-order valence-corrected chi connectivity index (χ4v) is 1.91. The van der Waals surface area contributed by atoms with Crippen LogP contribution in [0.4, 0.5) is 0 Å². The lowest BCUT2D eigenvalue weighted by molar-refractivity contribution is -0.127. The summed E-state index contributed by atoms with van der Waals surface area (Å²) in [7, 11) is 0. The number of rotatable bonds is 7. The molecule has 0 spiro atoms. The summed E-state index contributed by atoms with van der Waals surface area (Å²) in [5, 5.41) is 2.87. The van der Waals surface area contributed by atoms with Crippen molar-refractivity contribution in [2.45, 2.75) is 52.7 Å². The molecule has 0 fully saturated rings. The standard InChI is InChI=1S/C16H26N2O2/c1-5-6-9-18-16(19)13(4)20-15-8-7-11(2)10-14(15)12(3)17/h7-8,10,12-13H,5-6,9,17H2,1-4H3,(H,18,19). The first-order valence-corrected chi connectivity index (χ1v) is 7.26. The van der Waals surface area contributed by atoms with Gasteiger partial charge >= 0.3 is 0 Å². The highest BCUT2D eigenvalue weighted by atomic mass is 16.5. The minimum atomic E-state index is -0.521. The minimum absolute atomic E-state index is 0.0883. The molecule has 4 heteroatoms. The first-order chi connectivity index (χ1) is 9.45. The average molecular weight is 278 g/mol. The number of nitrogens with one attached hydrogen (secondary N) is 1. The Morgan fingerprint density at radius 1 is 1.40 bits per heavy atom. The molecule has 0 aliphatic rings. The largest absolute Gasteiger partial charge is 0.481 e. The third-order valence-electron chi connectivity index (χ3n) is 3.16. The number of carbonyl (C=O) groups is 1. The molecule has 112 valence electrons. The third kappa shape index (κ3) is 4.85. The molecule has 3 N–H and O–H groups in total. The van der Waals surface area contributed by atoms with Crippen LogP contribution in [0.2, 0.25) is 0 Å². The van der Waals surface area contributed by atoms with Crippen molar-refractivity contribution in [3.05, 3.63) is 29.3 Å². The number of amides is 1. The molecule has 0 bridgehead atoms. The predicted octanol–water partition coefficient (Wildman–Crippen LogP) is 2.70. The van der Waals surface area contributed by atoms with Crippen LogP contribution in [0.15, 0.2) is 18.2 Å². The van der Waals surface area contributed by atoms with Crippen molar-refractivity contribution in [1.82, 2.24) is 5.32 Å². The number of benzene rings is 1. The summed E-state index contributed by atoms with van der Waals surface area (Å²) in [6.07, 6.45) is 1.52. The maximum Gasteiger partial charge on any atom is 0.260 e. The van der Waals surface area contributed by atoms with Gasteiger partial charge in [0.1, 0.15) is 5.75 Å². The molecule has 0 aliphatic heterocycles. The van der Waals surface area contributed by atoms with Crippen molar-refractivity contribution in [3.8, 4) is 5.75 Å². The van der Waals surface area contributed by atoms with E-state index in [0.29, 0.717) is 12.3 Å². The number of nitrogens with two attached hydrogens (primary N) is 1. The van der Waals surface area contributed by atoms with Gasteiger partial charge in [-0.25, -0.2) is 0 Å². The first kappa shape index (κ1) is 16.5. The molecular weight excluding hydrogens is 252 g/mol. The van der Waals surface area contributed by atoms with Crippen LogP contribution in [0, 0.1) is 6.92 Å². The number of unbranched alkanes of at least 4 members (excludes halogenated alkanes) is 1. The third-order valence-corrected chi connectivity index (χ3v) is 3.16. The molecule has 1 amide bonds. The van der Waals surface area contributed by atoms with Gasteiger partial charge in [0.15, 0.2) is 6.10 Å². The summed E-state index contributed by atoms with van der Waals surface area (Å²) in [6, 6.07) is 5.72. The van der Waals surface area contributed by atoms with Crippen LogP contribution in [0.1, 0.15) is 50.8 Å². The molecular formula is C16H26N2O2. The Morgan fingerprint density at radius 3 is 2.70 bits per heavy atom. The summed E-state index contributed by atoms with van der Waals surface area (Å²) in [5.74, 6) is 0.596. The molecule has 0 saturated carbocycles. The topological polar surface area (TPSA) is 64.3 Å². The molecule has 0 radical (unpaired) electrons. The van der Waals surface area contributed by atoms with Crippen LogP contribution in [0.3, 0.4) is 0 Å². The molecule has 1 aromatic carbocycles. The van der Waals surface area contributed by atoms with Crippen LogP contribution in [-0.2, 0) is 4.79 Å². The summed E-state index contributed by atoms with van der Waals surface area (Å²) in [5.41, 5.74) is 8.01. The van der Waals surface area contributed by atoms with Crippen LogP contribution >= 0.6 is 0 Å². The van der Waals surface area contributed by atoms with E-state index in [9.17, 15) is 4.79 Å². The fourth-order valence-electron chi connectivity index (χ4n) is 1.91. The summed E-state index contributed by atoms with van der Waals surface area (Å²) < 4.78 is 5.76. The second-order valence-corrected chi connectivity index (χ2v) is 5.23. The zero-order valence-corrected chi connectivity index (χ0v) is 12.9. The van der Waals surface area contributed by atoms with Crippen molar-refractivity contribution in [1.29, 1.82) is 0 Å². The molecule has 0 saturated heterocycles. The molecule has 0 aromatic heterocycles. The van der Waals surface area contributed by atoms with Gasteiger partial charge in [0.25, 0.3) is 5.91 Å². The van der Waals surface area contributed by atoms with Gasteiger partial charge in [-0.15, -0.1) is 0 Å². The SMILES string of the molecule is CCCCNC(=O)C(C)Oc1ccc(C)cc1C(C)N. The van der Waals surface area contributed by atoms with E-state index in [1.807, 2.05) is 32.0 Å². The van der Waals surface area contributed by atoms with E-state index in [1.54, 1.807) is 6.92 Å². The molecule has 4 nitrogen and oxygen atoms in total. The van der Waals surface area contributed by atoms with E-state index in [1.165, 1.54) is 0 Å². The lowest BCUT2D eigenvalue weighted by Gasteiger charge is -2.19. The fraction of sp³-hybridized carbons (Fsp3) is 0.562. The quantitative estimate of drug-likeness (QED) is 0.754. The van der Waals surface area contributed by atoms with Crippen LogP contribution < -0.4 is 15.8 Å². The highest BCUT2D eigenvalue weighted by molar-refractivity contribution is 5.80. The lowest BCUT2D eigenvalue weighted by Crippen LogP contribution is -2.37. The Morgan fingerprint density at radius 2 is 2.10 bits per heavy atom. The van der Waals surface area contributed by atoms with Crippen molar-refractivity contribution in [2.24, 2.45) is 5.73 Å².